The molecule has 2 aromatic rings. The Kier molecular flexibility index (Phi) is 2.59. The van der Waals surface area contributed by atoms with Gasteiger partial charge < -0.3 is 4.42 Å². The van der Waals surface area contributed by atoms with Crippen LogP contribution in [-0.4, -0.2) is 16.6 Å². The topological polar surface area (TPSA) is 67.5 Å². The van der Waals surface area contributed by atoms with Crippen molar-refractivity contribution in [2.45, 2.75) is 19.8 Å². The van der Waals surface area contributed by atoms with E-state index in [1.165, 1.54) is 6.39 Å². The number of aromatic nitrogens is 1. The summed E-state index contributed by atoms with van der Waals surface area (Å²) >= 11 is 0. The van der Waals surface area contributed by atoms with Crippen LogP contribution in [0.4, 0.5) is 0 Å². The van der Waals surface area contributed by atoms with Crippen molar-refractivity contribution in [3.05, 3.63) is 30.2 Å². The molecule has 1 aromatic heterocycles. The van der Waals surface area contributed by atoms with E-state index >= 15 is 0 Å². The van der Waals surface area contributed by atoms with E-state index in [9.17, 15) is 4.79 Å². The molecule has 1 aliphatic heterocycles. The van der Waals surface area contributed by atoms with Crippen LogP contribution in [0.1, 0.15) is 25.3 Å². The number of hydrogen-bond donors (Lipinski definition) is 1. The van der Waals surface area contributed by atoms with E-state index in [2.05, 4.69) is 22.4 Å². The Balaban J connectivity index is 2.04. The molecule has 18 heavy (non-hydrogen) atoms. The Labute approximate surface area is 104 Å². The van der Waals surface area contributed by atoms with E-state index in [0.717, 1.165) is 28.8 Å². The predicted molar refractivity (Wildman–Crippen MR) is 67.1 cm³/mol. The summed E-state index contributed by atoms with van der Waals surface area (Å²) in [7, 11) is 0. The SMILES string of the molecule is CCC1CC(=O)NN=C1c1ccc2ocnc2c1. The van der Waals surface area contributed by atoms with Crippen molar-refractivity contribution < 1.29 is 9.21 Å². The zero-order valence-corrected chi connectivity index (χ0v) is 10.0. The highest BCUT2D eigenvalue weighted by Gasteiger charge is 2.24. The lowest BCUT2D eigenvalue weighted by molar-refractivity contribution is -0.122. The second-order valence-electron chi connectivity index (χ2n) is 4.38. The lowest BCUT2D eigenvalue weighted by atomic mass is 9.90. The number of oxazole rings is 1. The van der Waals surface area contributed by atoms with Gasteiger partial charge in [0.2, 0.25) is 5.91 Å². The minimum Gasteiger partial charge on any atom is -0.443 e. The highest BCUT2D eigenvalue weighted by atomic mass is 16.3. The van der Waals surface area contributed by atoms with E-state index in [0.29, 0.717) is 6.42 Å². The van der Waals surface area contributed by atoms with Crippen LogP contribution in [0.2, 0.25) is 0 Å². The summed E-state index contributed by atoms with van der Waals surface area (Å²) in [6.45, 7) is 2.06. The highest BCUT2D eigenvalue weighted by molar-refractivity contribution is 6.07. The Morgan fingerprint density at radius 1 is 1.50 bits per heavy atom. The molecule has 3 rings (SSSR count). The van der Waals surface area contributed by atoms with Gasteiger partial charge in [-0.15, -0.1) is 0 Å². The second kappa shape index (κ2) is 4.25. The predicted octanol–water partition coefficient (Wildman–Crippen LogP) is 2.08. The Bertz CT molecular complexity index is 630. The van der Waals surface area contributed by atoms with Crippen LogP contribution in [0.5, 0.6) is 0 Å². The molecule has 1 aliphatic rings. The molecule has 1 unspecified atom stereocenters. The normalized spacial score (nSPS) is 19.7. The lowest BCUT2D eigenvalue weighted by Crippen LogP contribution is -2.33. The molecule has 0 saturated carbocycles. The summed E-state index contributed by atoms with van der Waals surface area (Å²) in [6.07, 6.45) is 2.81. The molecule has 1 N–H and O–H groups in total. The molecule has 1 aromatic carbocycles. The summed E-state index contributed by atoms with van der Waals surface area (Å²) in [6, 6.07) is 5.77. The van der Waals surface area contributed by atoms with Gasteiger partial charge in [0.15, 0.2) is 12.0 Å². The van der Waals surface area contributed by atoms with Gasteiger partial charge in [0.05, 0.1) is 5.71 Å². The van der Waals surface area contributed by atoms with Crippen LogP contribution in [0.3, 0.4) is 0 Å². The number of hydrazone groups is 1. The molecule has 5 nitrogen and oxygen atoms in total. The Hall–Kier alpha value is -2.17. The van der Waals surface area contributed by atoms with Crippen molar-refractivity contribution in [2.75, 3.05) is 0 Å². The quantitative estimate of drug-likeness (QED) is 0.878. The van der Waals surface area contributed by atoms with Gasteiger partial charge in [-0.05, 0) is 24.6 Å². The number of benzene rings is 1. The van der Waals surface area contributed by atoms with Crippen molar-refractivity contribution in [3.63, 3.8) is 0 Å². The highest BCUT2D eigenvalue weighted by Crippen LogP contribution is 2.22. The standard InChI is InChI=1S/C13H13N3O2/c1-2-8-6-12(17)15-16-13(8)9-3-4-11-10(5-9)14-7-18-11/h3-5,7-8H,2,6H2,1H3,(H,15,17). The molecule has 1 atom stereocenters. The van der Waals surface area contributed by atoms with Gasteiger partial charge in [-0.25, -0.2) is 10.4 Å². The smallest absolute Gasteiger partial charge is 0.240 e. The summed E-state index contributed by atoms with van der Waals surface area (Å²) in [4.78, 5) is 15.5. The van der Waals surface area contributed by atoms with E-state index in [-0.39, 0.29) is 11.8 Å². The fourth-order valence-corrected chi connectivity index (χ4v) is 2.24. The van der Waals surface area contributed by atoms with Crippen LogP contribution in [-0.2, 0) is 4.79 Å². The van der Waals surface area contributed by atoms with Gasteiger partial charge in [-0.1, -0.05) is 6.92 Å². The van der Waals surface area contributed by atoms with Crippen LogP contribution in [0, 0.1) is 5.92 Å². The van der Waals surface area contributed by atoms with Gasteiger partial charge in [0.1, 0.15) is 5.52 Å². The third-order valence-electron chi connectivity index (χ3n) is 3.24. The fourth-order valence-electron chi connectivity index (χ4n) is 2.24. The maximum Gasteiger partial charge on any atom is 0.240 e. The zero-order valence-electron chi connectivity index (χ0n) is 10.0. The monoisotopic (exact) mass is 243 g/mol. The van der Waals surface area contributed by atoms with Crippen molar-refractivity contribution in [1.29, 1.82) is 0 Å². The number of carbonyl (C=O) groups is 1. The molecule has 2 heterocycles. The van der Waals surface area contributed by atoms with Crippen LogP contribution < -0.4 is 5.43 Å². The Morgan fingerprint density at radius 2 is 2.39 bits per heavy atom. The third-order valence-corrected chi connectivity index (χ3v) is 3.24. The number of carbonyl (C=O) groups excluding carboxylic acids is 1. The maximum absolute atomic E-state index is 11.3. The minimum absolute atomic E-state index is 0.0203. The molecule has 0 spiro atoms. The first-order chi connectivity index (χ1) is 8.78. The van der Waals surface area contributed by atoms with Gasteiger partial charge >= 0.3 is 0 Å². The summed E-state index contributed by atoms with van der Waals surface area (Å²) < 4.78 is 5.21. The molecule has 0 saturated heterocycles. The first kappa shape index (κ1) is 11.0. The molecule has 92 valence electrons. The van der Waals surface area contributed by atoms with Crippen LogP contribution in [0.25, 0.3) is 11.1 Å². The third kappa shape index (κ3) is 1.77. The van der Waals surface area contributed by atoms with Gasteiger partial charge in [0, 0.05) is 17.9 Å². The number of hydrogen-bond acceptors (Lipinski definition) is 4. The van der Waals surface area contributed by atoms with Gasteiger partial charge in [-0.3, -0.25) is 4.79 Å². The number of nitrogens with one attached hydrogen (secondary N) is 1. The minimum atomic E-state index is -0.0203. The number of nitrogens with zero attached hydrogens (tertiary/aromatic N) is 2. The molecule has 0 radical (unpaired) electrons. The van der Waals surface area contributed by atoms with Gasteiger partial charge in [-0.2, -0.15) is 5.10 Å². The Morgan fingerprint density at radius 3 is 3.22 bits per heavy atom. The first-order valence-corrected chi connectivity index (χ1v) is 5.98. The molecule has 0 aliphatic carbocycles. The average molecular weight is 243 g/mol. The van der Waals surface area contributed by atoms with Crippen LogP contribution >= 0.6 is 0 Å². The second-order valence-corrected chi connectivity index (χ2v) is 4.38. The molecular weight excluding hydrogens is 230 g/mol. The van der Waals surface area contributed by atoms with Crippen molar-refractivity contribution in [2.24, 2.45) is 11.0 Å². The van der Waals surface area contributed by atoms with Crippen molar-refractivity contribution >= 4 is 22.7 Å². The van der Waals surface area contributed by atoms with E-state index in [1.54, 1.807) is 0 Å². The number of fused-ring (bicyclic) bond motifs is 1. The molecular formula is C13H13N3O2. The van der Waals surface area contributed by atoms with E-state index < -0.39 is 0 Å². The lowest BCUT2D eigenvalue weighted by Gasteiger charge is -2.21. The zero-order chi connectivity index (χ0) is 12.5. The average Bonchev–Trinajstić information content (AvgIpc) is 2.85. The molecule has 0 fully saturated rings. The fraction of sp³-hybridized carbons (Fsp3) is 0.308. The number of rotatable bonds is 2. The van der Waals surface area contributed by atoms with Crippen molar-refractivity contribution in [3.8, 4) is 0 Å². The van der Waals surface area contributed by atoms with E-state index in [4.69, 9.17) is 4.42 Å². The van der Waals surface area contributed by atoms with Gasteiger partial charge in [0.25, 0.3) is 0 Å². The molecule has 0 bridgehead atoms. The summed E-state index contributed by atoms with van der Waals surface area (Å²) in [5.41, 5.74) is 6.01. The molecule has 5 heteroatoms. The largest absolute Gasteiger partial charge is 0.443 e. The maximum atomic E-state index is 11.3. The summed E-state index contributed by atoms with van der Waals surface area (Å²) in [5.74, 6) is 0.149. The van der Waals surface area contributed by atoms with E-state index in [1.807, 2.05) is 18.2 Å². The van der Waals surface area contributed by atoms with Crippen molar-refractivity contribution in [1.82, 2.24) is 10.4 Å². The van der Waals surface area contributed by atoms with Crippen LogP contribution in [0.15, 0.2) is 34.1 Å². The summed E-state index contributed by atoms with van der Waals surface area (Å²) in [5, 5.41) is 4.18. The molecule has 1 amide bonds. The first-order valence-electron chi connectivity index (χ1n) is 5.98. The number of amides is 1.